The first-order valence-corrected chi connectivity index (χ1v) is 12.2. The number of unbranched alkanes of at least 4 members (excludes halogenated alkanes) is 2. The maximum absolute atomic E-state index is 12.0. The van der Waals surface area contributed by atoms with Crippen molar-refractivity contribution in [3.63, 3.8) is 0 Å². The Balaban J connectivity index is 1.58. The molecule has 0 aliphatic carbocycles. The summed E-state index contributed by atoms with van der Waals surface area (Å²) < 4.78 is 2.29. The van der Waals surface area contributed by atoms with E-state index in [4.69, 9.17) is 16.5 Å². The number of nitrogens with zero attached hydrogens (tertiary/aromatic N) is 3. The van der Waals surface area contributed by atoms with Gasteiger partial charge >= 0.3 is 0 Å². The van der Waals surface area contributed by atoms with Gasteiger partial charge in [0.15, 0.2) is 5.82 Å². The van der Waals surface area contributed by atoms with Gasteiger partial charge in [-0.05, 0) is 43.0 Å². The molecule has 7 nitrogen and oxygen atoms in total. The van der Waals surface area contributed by atoms with E-state index in [0.717, 1.165) is 65.4 Å². The summed E-state index contributed by atoms with van der Waals surface area (Å²) in [5.41, 5.74) is 16.8. The van der Waals surface area contributed by atoms with Crippen LogP contribution in [0.1, 0.15) is 56.0 Å². The zero-order chi connectivity index (χ0) is 23.9. The zero-order valence-electron chi connectivity index (χ0n) is 19.9. The van der Waals surface area contributed by atoms with Gasteiger partial charge in [0.2, 0.25) is 5.91 Å². The van der Waals surface area contributed by atoms with Crippen molar-refractivity contribution in [2.24, 2.45) is 5.73 Å². The second-order valence-electron chi connectivity index (χ2n) is 8.77. The first-order chi connectivity index (χ1) is 16.6. The molecule has 0 saturated heterocycles. The van der Waals surface area contributed by atoms with Crippen LogP contribution >= 0.6 is 0 Å². The number of aryl methyl sites for hydroxylation is 1. The van der Waals surface area contributed by atoms with Gasteiger partial charge in [0.05, 0.1) is 11.0 Å². The highest BCUT2D eigenvalue weighted by Gasteiger charge is 2.17. The van der Waals surface area contributed by atoms with E-state index < -0.39 is 0 Å². The Labute approximate surface area is 200 Å². The summed E-state index contributed by atoms with van der Waals surface area (Å²) in [4.78, 5) is 21.5. The molecule has 178 valence electrons. The molecule has 0 fully saturated rings. The topological polar surface area (TPSA) is 112 Å². The monoisotopic (exact) mass is 458 g/mol. The summed E-state index contributed by atoms with van der Waals surface area (Å²) in [6.07, 6.45) is 5.29. The van der Waals surface area contributed by atoms with Crippen LogP contribution in [0.25, 0.3) is 21.9 Å². The number of carbonyl (C=O) groups excluding carboxylic acids is 1. The predicted molar refractivity (Wildman–Crippen MR) is 138 cm³/mol. The van der Waals surface area contributed by atoms with Gasteiger partial charge in [0.25, 0.3) is 0 Å². The highest BCUT2D eigenvalue weighted by molar-refractivity contribution is 6.06. The number of hydrogen-bond donors (Lipinski definition) is 3. The lowest BCUT2D eigenvalue weighted by molar-refractivity contribution is -0.121. The number of nitrogen functional groups attached to an aromatic ring is 1. The van der Waals surface area contributed by atoms with E-state index >= 15 is 0 Å². The lowest BCUT2D eigenvalue weighted by Crippen LogP contribution is -2.22. The van der Waals surface area contributed by atoms with Crippen LogP contribution in [-0.4, -0.2) is 27.0 Å². The van der Waals surface area contributed by atoms with E-state index in [0.29, 0.717) is 31.9 Å². The third-order valence-electron chi connectivity index (χ3n) is 6.15. The molecule has 5 N–H and O–H groups in total. The van der Waals surface area contributed by atoms with Gasteiger partial charge in [-0.15, -0.1) is 0 Å². The van der Waals surface area contributed by atoms with E-state index in [1.54, 1.807) is 0 Å². The molecule has 2 aromatic heterocycles. The van der Waals surface area contributed by atoms with Crippen molar-refractivity contribution in [1.29, 1.82) is 0 Å². The van der Waals surface area contributed by atoms with Crippen molar-refractivity contribution < 1.29 is 4.79 Å². The molecule has 0 unspecified atom stereocenters. The Bertz CT molecular complexity index is 1260. The van der Waals surface area contributed by atoms with Crippen LogP contribution in [0, 0.1) is 0 Å². The third-order valence-corrected chi connectivity index (χ3v) is 6.15. The van der Waals surface area contributed by atoms with Crippen molar-refractivity contribution in [3.05, 3.63) is 65.5 Å². The van der Waals surface area contributed by atoms with E-state index in [1.165, 1.54) is 5.56 Å². The maximum Gasteiger partial charge on any atom is 0.220 e. The van der Waals surface area contributed by atoms with Crippen LogP contribution in [0.5, 0.6) is 0 Å². The predicted octanol–water partition coefficient (Wildman–Crippen LogP) is 4.30. The largest absolute Gasteiger partial charge is 0.382 e. The van der Waals surface area contributed by atoms with Gasteiger partial charge in [0, 0.05) is 31.3 Å². The molecular formula is C27H34N6O. The molecule has 0 spiro atoms. The SMILES string of the molecule is CCCCc1nc2c(N)nc3ccccc3c2n1Cc1ccc(CNC(=O)CCCCN)cc1. The number of para-hydroxylation sites is 1. The molecule has 2 aromatic carbocycles. The van der Waals surface area contributed by atoms with Gasteiger partial charge in [-0.2, -0.15) is 0 Å². The van der Waals surface area contributed by atoms with Gasteiger partial charge < -0.3 is 21.4 Å². The first-order valence-electron chi connectivity index (χ1n) is 12.2. The number of rotatable bonds is 11. The van der Waals surface area contributed by atoms with Gasteiger partial charge in [-0.1, -0.05) is 55.8 Å². The minimum Gasteiger partial charge on any atom is -0.382 e. The number of nitrogens with one attached hydrogen (secondary N) is 1. The van der Waals surface area contributed by atoms with Crippen LogP contribution in [0.3, 0.4) is 0 Å². The van der Waals surface area contributed by atoms with Crippen LogP contribution in [-0.2, 0) is 24.3 Å². The fraction of sp³-hybridized carbons (Fsp3) is 0.370. The van der Waals surface area contributed by atoms with Crippen molar-refractivity contribution in [1.82, 2.24) is 19.9 Å². The van der Waals surface area contributed by atoms with Gasteiger partial charge in [-0.3, -0.25) is 4.79 Å². The normalized spacial score (nSPS) is 11.4. The molecule has 4 rings (SSSR count). The number of imidazole rings is 1. The molecule has 0 atom stereocenters. The average Bonchev–Trinajstić information content (AvgIpc) is 3.21. The summed E-state index contributed by atoms with van der Waals surface area (Å²) >= 11 is 0. The Kier molecular flexibility index (Phi) is 7.75. The van der Waals surface area contributed by atoms with Crippen molar-refractivity contribution in [2.45, 2.75) is 58.5 Å². The van der Waals surface area contributed by atoms with E-state index in [-0.39, 0.29) is 5.91 Å². The maximum atomic E-state index is 12.0. The number of hydrogen-bond acceptors (Lipinski definition) is 5. The average molecular weight is 459 g/mol. The quantitative estimate of drug-likeness (QED) is 0.290. The standard InChI is InChI=1S/C27H34N6O/c1-2-3-10-23-32-25-26(21-8-4-5-9-22(21)31-27(25)29)33(23)18-20-14-12-19(13-15-20)17-30-24(34)11-6-7-16-28/h4-5,8-9,12-15H,2-3,6-7,10-11,16-18,28H2,1H3,(H2,29,31)(H,30,34). The third kappa shape index (κ3) is 5.37. The molecule has 0 radical (unpaired) electrons. The lowest BCUT2D eigenvalue weighted by atomic mass is 10.1. The number of benzene rings is 2. The number of fused-ring (bicyclic) bond motifs is 3. The van der Waals surface area contributed by atoms with Crippen molar-refractivity contribution >= 4 is 33.7 Å². The molecule has 0 aliphatic heterocycles. The summed E-state index contributed by atoms with van der Waals surface area (Å²) in [5.74, 6) is 1.58. The highest BCUT2D eigenvalue weighted by Crippen LogP contribution is 2.30. The Morgan fingerprint density at radius 3 is 2.53 bits per heavy atom. The summed E-state index contributed by atoms with van der Waals surface area (Å²) in [6, 6.07) is 16.5. The lowest BCUT2D eigenvalue weighted by Gasteiger charge is -2.12. The number of aromatic nitrogens is 3. The Hall–Kier alpha value is -3.45. The number of pyridine rings is 1. The summed E-state index contributed by atoms with van der Waals surface area (Å²) in [5, 5.41) is 4.06. The van der Waals surface area contributed by atoms with Crippen molar-refractivity contribution in [3.8, 4) is 0 Å². The summed E-state index contributed by atoms with van der Waals surface area (Å²) in [6.45, 7) is 4.05. The summed E-state index contributed by atoms with van der Waals surface area (Å²) in [7, 11) is 0. The van der Waals surface area contributed by atoms with Crippen LogP contribution in [0.2, 0.25) is 0 Å². The Morgan fingerprint density at radius 2 is 1.76 bits per heavy atom. The van der Waals surface area contributed by atoms with Crippen molar-refractivity contribution in [2.75, 3.05) is 12.3 Å². The molecular weight excluding hydrogens is 424 g/mol. The fourth-order valence-corrected chi connectivity index (χ4v) is 4.26. The molecule has 0 bridgehead atoms. The molecule has 7 heteroatoms. The molecule has 0 saturated carbocycles. The molecule has 1 amide bonds. The van der Waals surface area contributed by atoms with Crippen LogP contribution in [0.4, 0.5) is 5.82 Å². The van der Waals surface area contributed by atoms with Crippen LogP contribution < -0.4 is 16.8 Å². The molecule has 2 heterocycles. The number of nitrogens with two attached hydrogens (primary N) is 2. The number of anilines is 1. The number of carbonyl (C=O) groups is 1. The van der Waals surface area contributed by atoms with E-state index in [2.05, 4.69) is 52.1 Å². The second-order valence-corrected chi connectivity index (χ2v) is 8.77. The first kappa shape index (κ1) is 23.7. The van der Waals surface area contributed by atoms with Gasteiger partial charge in [0.1, 0.15) is 11.3 Å². The molecule has 0 aliphatic rings. The van der Waals surface area contributed by atoms with Gasteiger partial charge in [-0.25, -0.2) is 9.97 Å². The fourth-order valence-electron chi connectivity index (χ4n) is 4.26. The van der Waals surface area contributed by atoms with Crippen LogP contribution in [0.15, 0.2) is 48.5 Å². The van der Waals surface area contributed by atoms with E-state index in [9.17, 15) is 4.79 Å². The smallest absolute Gasteiger partial charge is 0.220 e. The second kappa shape index (κ2) is 11.1. The highest BCUT2D eigenvalue weighted by atomic mass is 16.1. The molecule has 4 aromatic rings. The zero-order valence-corrected chi connectivity index (χ0v) is 19.9. The minimum atomic E-state index is 0.0704. The minimum absolute atomic E-state index is 0.0704. The number of amides is 1. The van der Waals surface area contributed by atoms with E-state index in [1.807, 2.05) is 18.2 Å². The molecule has 34 heavy (non-hydrogen) atoms. The Morgan fingerprint density at radius 1 is 1.00 bits per heavy atom.